The monoisotopic (exact) mass is 444 g/mol. The first-order valence-corrected chi connectivity index (χ1v) is 11.2. The van der Waals surface area contributed by atoms with Crippen molar-refractivity contribution in [3.63, 3.8) is 0 Å². The van der Waals surface area contributed by atoms with Crippen LogP contribution in [0, 0.1) is 12.7 Å². The van der Waals surface area contributed by atoms with E-state index in [0.29, 0.717) is 23.0 Å². The zero-order chi connectivity index (χ0) is 22.8. The second-order valence-corrected chi connectivity index (χ2v) is 8.51. The molecule has 1 N–H and O–H groups in total. The Morgan fingerprint density at radius 2 is 2.00 bits per heavy atom. The van der Waals surface area contributed by atoms with Gasteiger partial charge in [-0.1, -0.05) is 25.0 Å². The number of aryl methyl sites for hydroxylation is 1. The van der Waals surface area contributed by atoms with Gasteiger partial charge in [-0.15, -0.1) is 0 Å². The van der Waals surface area contributed by atoms with Gasteiger partial charge in [0.1, 0.15) is 18.2 Å². The zero-order valence-corrected chi connectivity index (χ0v) is 18.4. The topological polar surface area (TPSA) is 69.0 Å². The van der Waals surface area contributed by atoms with Crippen molar-refractivity contribution in [2.75, 3.05) is 5.32 Å². The molecule has 1 amide bonds. The largest absolute Gasteiger partial charge is 0.489 e. The Hall–Kier alpha value is -3.74. The maximum Gasteiger partial charge on any atom is 0.257 e. The Morgan fingerprint density at radius 1 is 1.15 bits per heavy atom. The summed E-state index contributed by atoms with van der Waals surface area (Å²) in [5, 5.41) is 8.34. The van der Waals surface area contributed by atoms with E-state index in [0.717, 1.165) is 35.0 Å². The van der Waals surface area contributed by atoms with Gasteiger partial charge in [0.2, 0.25) is 0 Å². The Labute approximate surface area is 191 Å². The molecule has 0 radical (unpaired) electrons. The zero-order valence-electron chi connectivity index (χ0n) is 18.4. The molecule has 168 valence electrons. The van der Waals surface area contributed by atoms with Crippen molar-refractivity contribution in [2.45, 2.75) is 45.3 Å². The van der Waals surface area contributed by atoms with Gasteiger partial charge in [-0.2, -0.15) is 5.10 Å². The van der Waals surface area contributed by atoms with Crippen molar-refractivity contribution in [3.8, 4) is 5.75 Å². The van der Waals surface area contributed by atoms with E-state index in [1.54, 1.807) is 30.6 Å². The first-order valence-electron chi connectivity index (χ1n) is 11.2. The molecule has 5 rings (SSSR count). The molecular formula is C26H25FN4O2. The Balaban J connectivity index is 1.26. The van der Waals surface area contributed by atoms with Crippen LogP contribution in [0.4, 0.5) is 10.1 Å². The fourth-order valence-corrected chi connectivity index (χ4v) is 4.33. The summed E-state index contributed by atoms with van der Waals surface area (Å²) in [6.45, 7) is 2.17. The van der Waals surface area contributed by atoms with Crippen LogP contribution >= 0.6 is 0 Å². The van der Waals surface area contributed by atoms with Crippen LogP contribution < -0.4 is 10.1 Å². The smallest absolute Gasteiger partial charge is 0.257 e. The van der Waals surface area contributed by atoms with Gasteiger partial charge < -0.3 is 10.1 Å². The van der Waals surface area contributed by atoms with E-state index in [2.05, 4.69) is 15.4 Å². The van der Waals surface area contributed by atoms with Crippen LogP contribution in [-0.2, 0) is 6.61 Å². The number of aromatic nitrogens is 3. The lowest BCUT2D eigenvalue weighted by molar-refractivity contribution is 0.102. The number of amides is 1. The highest BCUT2D eigenvalue weighted by molar-refractivity contribution is 6.06. The number of halogens is 1. The summed E-state index contributed by atoms with van der Waals surface area (Å²) in [5.74, 6) is 0.135. The van der Waals surface area contributed by atoms with Crippen LogP contribution in [0.3, 0.4) is 0 Å². The summed E-state index contributed by atoms with van der Waals surface area (Å²) in [4.78, 5) is 17.4. The Morgan fingerprint density at radius 3 is 2.79 bits per heavy atom. The van der Waals surface area contributed by atoms with Crippen molar-refractivity contribution in [1.82, 2.24) is 14.8 Å². The van der Waals surface area contributed by atoms with Crippen LogP contribution in [0.15, 0.2) is 60.9 Å². The minimum Gasteiger partial charge on any atom is -0.489 e. The van der Waals surface area contributed by atoms with Crippen LogP contribution in [0.25, 0.3) is 11.0 Å². The van der Waals surface area contributed by atoms with E-state index in [1.807, 2.05) is 29.8 Å². The molecule has 2 aromatic heterocycles. The van der Waals surface area contributed by atoms with Gasteiger partial charge in [0.05, 0.1) is 17.8 Å². The number of pyridine rings is 1. The van der Waals surface area contributed by atoms with Gasteiger partial charge in [-0.25, -0.2) is 14.1 Å². The first-order chi connectivity index (χ1) is 16.1. The lowest BCUT2D eigenvalue weighted by atomic mass is 10.1. The van der Waals surface area contributed by atoms with Gasteiger partial charge in [0.15, 0.2) is 5.65 Å². The van der Waals surface area contributed by atoms with Crippen LogP contribution in [-0.4, -0.2) is 20.7 Å². The van der Waals surface area contributed by atoms with Gasteiger partial charge in [-0.3, -0.25) is 4.79 Å². The van der Waals surface area contributed by atoms with Crippen molar-refractivity contribution in [3.05, 3.63) is 83.4 Å². The molecule has 7 heteroatoms. The molecule has 33 heavy (non-hydrogen) atoms. The van der Waals surface area contributed by atoms with Crippen molar-refractivity contribution >= 4 is 22.6 Å². The van der Waals surface area contributed by atoms with E-state index in [4.69, 9.17) is 4.74 Å². The minimum absolute atomic E-state index is 0.227. The number of carbonyl (C=O) groups excluding carboxylic acids is 1. The molecule has 4 aromatic rings. The number of nitrogens with one attached hydrogen (secondary N) is 1. The van der Waals surface area contributed by atoms with Crippen molar-refractivity contribution in [1.29, 1.82) is 0 Å². The Bertz CT molecular complexity index is 1310. The number of fused-ring (bicyclic) bond motifs is 1. The van der Waals surface area contributed by atoms with Crippen LogP contribution in [0.2, 0.25) is 0 Å². The number of hydrogen-bond donors (Lipinski definition) is 1. The van der Waals surface area contributed by atoms with Crippen molar-refractivity contribution < 1.29 is 13.9 Å². The predicted molar refractivity (Wildman–Crippen MR) is 125 cm³/mol. The number of carbonyl (C=O) groups is 1. The number of nitrogens with zero attached hydrogens (tertiary/aromatic N) is 3. The molecule has 1 aliphatic rings. The maximum atomic E-state index is 13.3. The molecule has 0 spiro atoms. The van der Waals surface area contributed by atoms with Crippen molar-refractivity contribution in [2.24, 2.45) is 0 Å². The van der Waals surface area contributed by atoms with Crippen LogP contribution in [0.1, 0.15) is 53.2 Å². The fourth-order valence-electron chi connectivity index (χ4n) is 4.33. The molecule has 2 heterocycles. The van der Waals surface area contributed by atoms with Gasteiger partial charge in [-0.05, 0) is 67.3 Å². The third-order valence-electron chi connectivity index (χ3n) is 6.11. The van der Waals surface area contributed by atoms with Gasteiger partial charge in [0.25, 0.3) is 5.91 Å². The molecule has 1 fully saturated rings. The third kappa shape index (κ3) is 4.58. The molecule has 1 aliphatic carbocycles. The highest BCUT2D eigenvalue weighted by Crippen LogP contribution is 2.31. The number of rotatable bonds is 6. The molecule has 2 aromatic carbocycles. The van der Waals surface area contributed by atoms with E-state index >= 15 is 0 Å². The second kappa shape index (κ2) is 9.02. The van der Waals surface area contributed by atoms with Gasteiger partial charge >= 0.3 is 0 Å². The summed E-state index contributed by atoms with van der Waals surface area (Å²) < 4.78 is 21.1. The lowest BCUT2D eigenvalue weighted by Crippen LogP contribution is -2.13. The summed E-state index contributed by atoms with van der Waals surface area (Å²) in [6.07, 6.45) is 8.09. The SMILES string of the molecule is Cc1cc(OCc2cccc(F)c2)ccc1NC(=O)c1cnc2c(cnn2C2CCCC2)c1. The first kappa shape index (κ1) is 21.1. The van der Waals surface area contributed by atoms with E-state index in [-0.39, 0.29) is 18.3 Å². The summed E-state index contributed by atoms with van der Waals surface area (Å²) in [5.41, 5.74) is 3.63. The average molecular weight is 445 g/mol. The molecule has 0 saturated heterocycles. The predicted octanol–water partition coefficient (Wildman–Crippen LogP) is 5.83. The number of benzene rings is 2. The third-order valence-corrected chi connectivity index (χ3v) is 6.11. The molecule has 0 aliphatic heterocycles. The molecule has 0 unspecified atom stereocenters. The maximum absolute atomic E-state index is 13.3. The Kier molecular flexibility index (Phi) is 5.77. The number of ether oxygens (including phenoxy) is 1. The van der Waals surface area contributed by atoms with Crippen LogP contribution in [0.5, 0.6) is 5.75 Å². The minimum atomic E-state index is -0.288. The molecular weight excluding hydrogens is 419 g/mol. The average Bonchev–Trinajstić information content (AvgIpc) is 3.48. The molecule has 0 bridgehead atoms. The second-order valence-electron chi connectivity index (χ2n) is 8.51. The lowest BCUT2D eigenvalue weighted by Gasteiger charge is -2.12. The quantitative estimate of drug-likeness (QED) is 0.407. The highest BCUT2D eigenvalue weighted by Gasteiger charge is 2.20. The highest BCUT2D eigenvalue weighted by atomic mass is 19.1. The fraction of sp³-hybridized carbons (Fsp3) is 0.269. The molecule has 1 saturated carbocycles. The standard InChI is InChI=1S/C26H25FN4O2/c1-17-11-23(33-16-18-5-4-6-21(27)12-18)9-10-24(17)30-26(32)20-13-19-15-29-31(25(19)28-14-20)22-7-2-3-8-22/h4-6,9-15,22H,2-3,7-8,16H2,1H3,(H,30,32). The normalized spacial score (nSPS) is 14.0. The summed E-state index contributed by atoms with van der Waals surface area (Å²) in [6, 6.07) is 14.0. The van der Waals surface area contributed by atoms with E-state index in [9.17, 15) is 9.18 Å². The van der Waals surface area contributed by atoms with E-state index < -0.39 is 0 Å². The summed E-state index contributed by atoms with van der Waals surface area (Å²) >= 11 is 0. The molecule has 0 atom stereocenters. The summed E-state index contributed by atoms with van der Waals surface area (Å²) in [7, 11) is 0. The number of anilines is 1. The number of hydrogen-bond acceptors (Lipinski definition) is 4. The van der Waals surface area contributed by atoms with Gasteiger partial charge in [0, 0.05) is 17.3 Å². The van der Waals surface area contributed by atoms with E-state index in [1.165, 1.54) is 25.0 Å². The molecule has 6 nitrogen and oxygen atoms in total.